The van der Waals surface area contributed by atoms with Gasteiger partial charge in [-0.25, -0.2) is 9.67 Å². The number of rotatable bonds is 5. The summed E-state index contributed by atoms with van der Waals surface area (Å²) in [6, 6.07) is 12.7. The molecule has 1 amide bonds. The summed E-state index contributed by atoms with van der Waals surface area (Å²) in [7, 11) is 0. The Labute approximate surface area is 167 Å². The second-order valence-electron chi connectivity index (χ2n) is 6.49. The van der Waals surface area contributed by atoms with Crippen LogP contribution in [0, 0.1) is 0 Å². The summed E-state index contributed by atoms with van der Waals surface area (Å²) in [6.45, 7) is 4.21. The van der Waals surface area contributed by atoms with E-state index in [4.69, 9.17) is 16.3 Å². The first-order valence-electron chi connectivity index (χ1n) is 9.06. The fraction of sp³-hybridized carbons (Fsp3) is 0.250. The Morgan fingerprint density at radius 1 is 1.14 bits per heavy atom. The van der Waals surface area contributed by atoms with Crippen molar-refractivity contribution in [1.82, 2.24) is 19.7 Å². The van der Waals surface area contributed by atoms with Gasteiger partial charge in [-0.05, 0) is 29.8 Å². The Kier molecular flexibility index (Phi) is 5.66. The van der Waals surface area contributed by atoms with Crippen molar-refractivity contribution in [1.29, 1.82) is 0 Å². The highest BCUT2D eigenvalue weighted by Crippen LogP contribution is 2.19. The topological polar surface area (TPSA) is 72.3 Å². The maximum Gasteiger partial charge on any atom is 0.277 e. The fourth-order valence-corrected chi connectivity index (χ4v) is 3.23. The van der Waals surface area contributed by atoms with Gasteiger partial charge in [-0.15, -0.1) is 0 Å². The first-order valence-corrected chi connectivity index (χ1v) is 9.44. The van der Waals surface area contributed by atoms with Gasteiger partial charge < -0.3 is 10.1 Å². The van der Waals surface area contributed by atoms with Crippen molar-refractivity contribution in [2.24, 2.45) is 0 Å². The lowest BCUT2D eigenvalue weighted by atomic mass is 10.2. The summed E-state index contributed by atoms with van der Waals surface area (Å²) in [5, 5.41) is 7.65. The normalized spacial score (nSPS) is 14.8. The molecule has 8 heteroatoms. The number of hydrogen-bond acceptors (Lipinski definition) is 5. The molecule has 1 aliphatic rings. The van der Waals surface area contributed by atoms with E-state index in [0.29, 0.717) is 22.2 Å². The molecule has 0 spiro atoms. The van der Waals surface area contributed by atoms with Crippen LogP contribution in [-0.2, 0) is 11.3 Å². The van der Waals surface area contributed by atoms with Crippen molar-refractivity contribution >= 4 is 23.3 Å². The van der Waals surface area contributed by atoms with Gasteiger partial charge in [0.15, 0.2) is 5.69 Å². The van der Waals surface area contributed by atoms with E-state index in [1.165, 1.54) is 0 Å². The molecule has 0 unspecified atom stereocenters. The monoisotopic (exact) mass is 397 g/mol. The van der Waals surface area contributed by atoms with Gasteiger partial charge in [0.1, 0.15) is 5.82 Å². The van der Waals surface area contributed by atoms with Crippen LogP contribution in [0.1, 0.15) is 16.1 Å². The zero-order valence-corrected chi connectivity index (χ0v) is 16.0. The van der Waals surface area contributed by atoms with Crippen LogP contribution >= 0.6 is 11.6 Å². The molecule has 7 nitrogen and oxygen atoms in total. The number of hydrogen-bond donors (Lipinski definition) is 1. The van der Waals surface area contributed by atoms with Crippen LogP contribution in [0.15, 0.2) is 54.9 Å². The van der Waals surface area contributed by atoms with Crippen LogP contribution in [0.25, 0.3) is 5.69 Å². The Morgan fingerprint density at radius 2 is 1.96 bits per heavy atom. The van der Waals surface area contributed by atoms with Gasteiger partial charge >= 0.3 is 0 Å². The van der Waals surface area contributed by atoms with Gasteiger partial charge in [-0.2, -0.15) is 5.10 Å². The Bertz CT molecular complexity index is 951. The van der Waals surface area contributed by atoms with Crippen LogP contribution < -0.4 is 5.32 Å². The van der Waals surface area contributed by atoms with Gasteiger partial charge in [0.25, 0.3) is 5.91 Å². The highest BCUT2D eigenvalue weighted by molar-refractivity contribution is 6.32. The zero-order valence-electron chi connectivity index (χ0n) is 15.2. The summed E-state index contributed by atoms with van der Waals surface area (Å²) >= 11 is 6.18. The lowest BCUT2D eigenvalue weighted by molar-refractivity contribution is 0.0341. The molecule has 0 bridgehead atoms. The van der Waals surface area contributed by atoms with Gasteiger partial charge in [-0.3, -0.25) is 9.69 Å². The Hall–Kier alpha value is -2.74. The number of para-hydroxylation sites is 1. The van der Waals surface area contributed by atoms with E-state index in [2.05, 4.69) is 20.3 Å². The van der Waals surface area contributed by atoms with Crippen molar-refractivity contribution in [2.75, 3.05) is 31.6 Å². The molecule has 1 N–H and O–H groups in total. The van der Waals surface area contributed by atoms with Crippen molar-refractivity contribution in [2.45, 2.75) is 6.54 Å². The van der Waals surface area contributed by atoms with Crippen LogP contribution in [0.2, 0.25) is 5.02 Å². The minimum Gasteiger partial charge on any atom is -0.379 e. The van der Waals surface area contributed by atoms with Crippen molar-refractivity contribution in [3.05, 3.63) is 71.1 Å². The SMILES string of the molecule is O=C(Nc1ccc(CN2CCOCC2)cn1)c1ccn(-c2ccccc2Cl)n1. The van der Waals surface area contributed by atoms with E-state index in [1.807, 2.05) is 24.3 Å². The third kappa shape index (κ3) is 4.39. The predicted octanol–water partition coefficient (Wildman–Crippen LogP) is 3.01. The predicted molar refractivity (Wildman–Crippen MR) is 107 cm³/mol. The number of carbonyl (C=O) groups excluding carboxylic acids is 1. The highest BCUT2D eigenvalue weighted by Gasteiger charge is 2.13. The summed E-state index contributed by atoms with van der Waals surface area (Å²) in [6.07, 6.45) is 3.49. The number of pyridine rings is 1. The number of amides is 1. The third-order valence-electron chi connectivity index (χ3n) is 4.50. The number of anilines is 1. The Morgan fingerprint density at radius 3 is 2.71 bits per heavy atom. The first-order chi connectivity index (χ1) is 13.7. The molecule has 3 heterocycles. The van der Waals surface area contributed by atoms with Gasteiger partial charge in [0, 0.05) is 32.0 Å². The molecule has 144 valence electrons. The molecule has 0 saturated carbocycles. The van der Waals surface area contributed by atoms with Gasteiger partial charge in [-0.1, -0.05) is 29.8 Å². The number of ether oxygens (including phenoxy) is 1. The van der Waals surface area contributed by atoms with E-state index < -0.39 is 0 Å². The smallest absolute Gasteiger partial charge is 0.277 e. The number of aromatic nitrogens is 3. The molecule has 2 aromatic heterocycles. The number of nitrogens with zero attached hydrogens (tertiary/aromatic N) is 4. The second-order valence-corrected chi connectivity index (χ2v) is 6.90. The number of morpholine rings is 1. The molecular weight excluding hydrogens is 378 g/mol. The van der Waals surface area contributed by atoms with E-state index in [0.717, 1.165) is 38.4 Å². The standard InChI is InChI=1S/C20H20ClN5O2/c21-16-3-1-2-4-18(16)26-8-7-17(24-26)20(27)23-19-6-5-15(13-22-19)14-25-9-11-28-12-10-25/h1-8,13H,9-12,14H2,(H,22,23,27). The molecule has 0 atom stereocenters. The largest absolute Gasteiger partial charge is 0.379 e. The van der Waals surface area contributed by atoms with Crippen LogP contribution in [0.4, 0.5) is 5.82 Å². The molecular formula is C20H20ClN5O2. The molecule has 0 radical (unpaired) electrons. The Balaban J connectivity index is 1.39. The van der Waals surface area contributed by atoms with E-state index in [-0.39, 0.29) is 5.91 Å². The van der Waals surface area contributed by atoms with Crippen LogP contribution in [0.3, 0.4) is 0 Å². The van der Waals surface area contributed by atoms with E-state index in [1.54, 1.807) is 35.3 Å². The number of carbonyl (C=O) groups is 1. The van der Waals surface area contributed by atoms with Gasteiger partial charge in [0.05, 0.1) is 23.9 Å². The number of halogens is 1. The molecule has 1 aromatic carbocycles. The third-order valence-corrected chi connectivity index (χ3v) is 4.82. The van der Waals surface area contributed by atoms with Crippen molar-refractivity contribution < 1.29 is 9.53 Å². The summed E-state index contributed by atoms with van der Waals surface area (Å²) in [4.78, 5) is 19.1. The number of nitrogens with one attached hydrogen (secondary N) is 1. The number of benzene rings is 1. The molecule has 28 heavy (non-hydrogen) atoms. The maximum absolute atomic E-state index is 12.5. The van der Waals surface area contributed by atoms with Gasteiger partial charge in [0.2, 0.25) is 0 Å². The minimum atomic E-state index is -0.320. The van der Waals surface area contributed by atoms with Crippen LogP contribution in [-0.4, -0.2) is 51.9 Å². The fourth-order valence-electron chi connectivity index (χ4n) is 3.01. The zero-order chi connectivity index (χ0) is 19.3. The molecule has 1 fully saturated rings. The van der Waals surface area contributed by atoms with Crippen LogP contribution in [0.5, 0.6) is 0 Å². The lowest BCUT2D eigenvalue weighted by Gasteiger charge is -2.26. The summed E-state index contributed by atoms with van der Waals surface area (Å²) < 4.78 is 6.94. The van der Waals surface area contributed by atoms with E-state index in [9.17, 15) is 4.79 Å². The maximum atomic E-state index is 12.5. The summed E-state index contributed by atoms with van der Waals surface area (Å²) in [5.74, 6) is 0.169. The summed E-state index contributed by atoms with van der Waals surface area (Å²) in [5.41, 5.74) is 2.11. The molecule has 0 aliphatic carbocycles. The average molecular weight is 398 g/mol. The molecule has 4 rings (SSSR count). The van der Waals surface area contributed by atoms with E-state index >= 15 is 0 Å². The minimum absolute atomic E-state index is 0.291. The molecule has 3 aromatic rings. The molecule has 1 aliphatic heterocycles. The average Bonchev–Trinajstić information content (AvgIpc) is 3.21. The highest BCUT2D eigenvalue weighted by atomic mass is 35.5. The lowest BCUT2D eigenvalue weighted by Crippen LogP contribution is -2.35. The van der Waals surface area contributed by atoms with Crippen molar-refractivity contribution in [3.8, 4) is 5.69 Å². The molecule has 1 saturated heterocycles. The first kappa shape index (κ1) is 18.6. The van der Waals surface area contributed by atoms with Crippen molar-refractivity contribution in [3.63, 3.8) is 0 Å². The second kappa shape index (κ2) is 8.52. The quantitative estimate of drug-likeness (QED) is 0.716.